The number of hydrogen-bond donors (Lipinski definition) is 3. The van der Waals surface area contributed by atoms with Gasteiger partial charge in [-0.3, -0.25) is 14.8 Å². The van der Waals surface area contributed by atoms with E-state index in [1.54, 1.807) is 12.4 Å². The van der Waals surface area contributed by atoms with E-state index in [-0.39, 0.29) is 12.6 Å². The van der Waals surface area contributed by atoms with Crippen molar-refractivity contribution in [1.82, 2.24) is 15.3 Å². The predicted octanol–water partition coefficient (Wildman–Crippen LogP) is 3.96. The number of anilines is 1. The molecule has 0 saturated heterocycles. The zero-order valence-corrected chi connectivity index (χ0v) is 17.6. The Morgan fingerprint density at radius 3 is 2.60 bits per heavy atom. The Hall–Kier alpha value is -3.06. The summed E-state index contributed by atoms with van der Waals surface area (Å²) in [7, 11) is 0. The van der Waals surface area contributed by atoms with Gasteiger partial charge in [-0.15, -0.1) is 0 Å². The molecule has 30 heavy (non-hydrogen) atoms. The molecule has 0 saturated carbocycles. The van der Waals surface area contributed by atoms with E-state index < -0.39 is 17.7 Å². The molecule has 1 amide bonds. The van der Waals surface area contributed by atoms with Crippen LogP contribution in [0.3, 0.4) is 0 Å². The second-order valence-corrected chi connectivity index (χ2v) is 8.15. The molecule has 2 heterocycles. The summed E-state index contributed by atoms with van der Waals surface area (Å²) in [6.07, 6.45) is 3.39. The standard InChI is InChI=1S/C23H27FN4O2/c1-14(2)28-21-17-10-15(16-6-5-9-25-11-16)7-8-19(17)26-12-18(21)22(29)27-13-20(24)23(3,4)30/h5-12,14,20,30H,13H2,1-4H3,(H,26,28)(H,27,29). The Bertz CT molecular complexity index is 1030. The predicted molar refractivity (Wildman–Crippen MR) is 117 cm³/mol. The van der Waals surface area contributed by atoms with Crippen LogP contribution in [0.5, 0.6) is 0 Å². The second kappa shape index (κ2) is 8.75. The van der Waals surface area contributed by atoms with E-state index >= 15 is 0 Å². The van der Waals surface area contributed by atoms with Gasteiger partial charge in [0.1, 0.15) is 6.17 Å². The van der Waals surface area contributed by atoms with Crippen molar-refractivity contribution in [3.8, 4) is 11.1 Å². The summed E-state index contributed by atoms with van der Waals surface area (Å²) in [5.74, 6) is -0.453. The number of nitrogens with zero attached hydrogens (tertiary/aromatic N) is 2. The summed E-state index contributed by atoms with van der Waals surface area (Å²) in [6, 6.07) is 9.72. The second-order valence-electron chi connectivity index (χ2n) is 8.15. The van der Waals surface area contributed by atoms with Crippen LogP contribution in [0, 0.1) is 0 Å². The van der Waals surface area contributed by atoms with E-state index in [1.165, 1.54) is 20.0 Å². The van der Waals surface area contributed by atoms with Crippen molar-refractivity contribution in [2.45, 2.75) is 45.5 Å². The number of hydrogen-bond acceptors (Lipinski definition) is 5. The van der Waals surface area contributed by atoms with E-state index in [1.807, 2.05) is 44.2 Å². The SMILES string of the molecule is CC(C)Nc1c(C(=O)NCC(F)C(C)(C)O)cnc2ccc(-c3cccnc3)cc12. The topological polar surface area (TPSA) is 87.1 Å². The van der Waals surface area contributed by atoms with Gasteiger partial charge in [0.05, 0.1) is 28.9 Å². The zero-order valence-electron chi connectivity index (χ0n) is 17.6. The molecule has 7 heteroatoms. The van der Waals surface area contributed by atoms with Crippen molar-refractivity contribution in [2.24, 2.45) is 0 Å². The van der Waals surface area contributed by atoms with Crippen LogP contribution >= 0.6 is 0 Å². The lowest BCUT2D eigenvalue weighted by Gasteiger charge is -2.23. The monoisotopic (exact) mass is 410 g/mol. The maximum absolute atomic E-state index is 14.1. The van der Waals surface area contributed by atoms with Crippen LogP contribution in [-0.2, 0) is 0 Å². The molecule has 0 aliphatic carbocycles. The average Bonchev–Trinajstić information content (AvgIpc) is 2.71. The zero-order chi connectivity index (χ0) is 21.9. The van der Waals surface area contributed by atoms with Crippen molar-refractivity contribution >= 4 is 22.5 Å². The molecule has 0 spiro atoms. The van der Waals surface area contributed by atoms with Crippen LogP contribution in [0.1, 0.15) is 38.1 Å². The lowest BCUT2D eigenvalue weighted by molar-refractivity contribution is -0.00177. The largest absolute Gasteiger partial charge is 0.387 e. The van der Waals surface area contributed by atoms with Crippen molar-refractivity contribution in [3.05, 3.63) is 54.5 Å². The molecule has 1 unspecified atom stereocenters. The molecular weight excluding hydrogens is 383 g/mol. The van der Waals surface area contributed by atoms with Gasteiger partial charge in [0.25, 0.3) is 5.91 Å². The highest BCUT2D eigenvalue weighted by Crippen LogP contribution is 2.31. The fourth-order valence-electron chi connectivity index (χ4n) is 3.05. The van der Waals surface area contributed by atoms with Gasteiger partial charge in [0.2, 0.25) is 0 Å². The number of aliphatic hydroxyl groups is 1. The molecule has 0 aliphatic heterocycles. The lowest BCUT2D eigenvalue weighted by atomic mass is 10.0. The molecule has 3 N–H and O–H groups in total. The average molecular weight is 410 g/mol. The molecule has 1 atom stereocenters. The molecule has 2 aromatic heterocycles. The van der Waals surface area contributed by atoms with Crippen LogP contribution in [0.15, 0.2) is 48.9 Å². The smallest absolute Gasteiger partial charge is 0.255 e. The molecule has 6 nitrogen and oxygen atoms in total. The minimum absolute atomic E-state index is 0.0643. The fraction of sp³-hybridized carbons (Fsp3) is 0.348. The maximum atomic E-state index is 14.1. The molecule has 3 rings (SSSR count). The van der Waals surface area contributed by atoms with Gasteiger partial charge in [0, 0.05) is 35.6 Å². The number of halogens is 1. The quantitative estimate of drug-likeness (QED) is 0.549. The normalized spacial score (nSPS) is 12.8. The third-order valence-electron chi connectivity index (χ3n) is 4.75. The van der Waals surface area contributed by atoms with Crippen LogP contribution in [0.4, 0.5) is 10.1 Å². The minimum Gasteiger partial charge on any atom is -0.387 e. The van der Waals surface area contributed by atoms with Crippen LogP contribution in [0.25, 0.3) is 22.0 Å². The molecule has 0 radical (unpaired) electrons. The first kappa shape index (κ1) is 21.6. The summed E-state index contributed by atoms with van der Waals surface area (Å²) in [5, 5.41) is 16.5. The number of alkyl halides is 1. The third-order valence-corrected chi connectivity index (χ3v) is 4.75. The summed E-state index contributed by atoms with van der Waals surface area (Å²) in [5.41, 5.74) is 2.07. The first-order chi connectivity index (χ1) is 14.2. The van der Waals surface area contributed by atoms with E-state index in [9.17, 15) is 14.3 Å². The van der Waals surface area contributed by atoms with Crippen molar-refractivity contribution in [2.75, 3.05) is 11.9 Å². The molecule has 0 fully saturated rings. The van der Waals surface area contributed by atoms with Crippen LogP contribution in [-0.4, -0.2) is 45.3 Å². The lowest BCUT2D eigenvalue weighted by Crippen LogP contribution is -2.42. The highest BCUT2D eigenvalue weighted by atomic mass is 19.1. The Morgan fingerprint density at radius 1 is 1.20 bits per heavy atom. The van der Waals surface area contributed by atoms with Crippen molar-refractivity contribution in [3.63, 3.8) is 0 Å². The number of carbonyl (C=O) groups is 1. The number of fused-ring (bicyclic) bond motifs is 1. The first-order valence-electron chi connectivity index (χ1n) is 9.91. The fourth-order valence-corrected chi connectivity index (χ4v) is 3.05. The molecule has 158 valence electrons. The third kappa shape index (κ3) is 4.91. The molecule has 1 aromatic carbocycles. The van der Waals surface area contributed by atoms with Gasteiger partial charge in [-0.2, -0.15) is 0 Å². The highest BCUT2D eigenvalue weighted by molar-refractivity contribution is 6.07. The first-order valence-corrected chi connectivity index (χ1v) is 9.91. The summed E-state index contributed by atoms with van der Waals surface area (Å²) in [6.45, 7) is 6.40. The molecule has 3 aromatic rings. The molecule has 0 aliphatic rings. The van der Waals surface area contributed by atoms with Gasteiger partial charge in [0.15, 0.2) is 0 Å². The maximum Gasteiger partial charge on any atom is 0.255 e. The summed E-state index contributed by atoms with van der Waals surface area (Å²) in [4.78, 5) is 21.4. The summed E-state index contributed by atoms with van der Waals surface area (Å²) < 4.78 is 14.1. The van der Waals surface area contributed by atoms with Crippen molar-refractivity contribution < 1.29 is 14.3 Å². The highest BCUT2D eigenvalue weighted by Gasteiger charge is 2.27. The Kier molecular flexibility index (Phi) is 6.31. The van der Waals surface area contributed by atoms with Crippen molar-refractivity contribution in [1.29, 1.82) is 0 Å². The van der Waals surface area contributed by atoms with Crippen LogP contribution < -0.4 is 10.6 Å². The van der Waals surface area contributed by atoms with E-state index in [2.05, 4.69) is 20.6 Å². The van der Waals surface area contributed by atoms with Gasteiger partial charge >= 0.3 is 0 Å². The summed E-state index contributed by atoms with van der Waals surface area (Å²) >= 11 is 0. The van der Waals surface area contributed by atoms with E-state index in [4.69, 9.17) is 0 Å². The van der Waals surface area contributed by atoms with E-state index in [0.717, 1.165) is 22.0 Å². The Balaban J connectivity index is 2.02. The number of rotatable bonds is 7. The van der Waals surface area contributed by atoms with Gasteiger partial charge in [-0.25, -0.2) is 4.39 Å². The number of nitrogens with one attached hydrogen (secondary N) is 2. The Morgan fingerprint density at radius 2 is 1.97 bits per heavy atom. The van der Waals surface area contributed by atoms with Crippen LogP contribution in [0.2, 0.25) is 0 Å². The minimum atomic E-state index is -1.59. The Labute approximate surface area is 175 Å². The van der Waals surface area contributed by atoms with Gasteiger partial charge < -0.3 is 15.7 Å². The molecule has 0 bridgehead atoms. The van der Waals surface area contributed by atoms with E-state index in [0.29, 0.717) is 11.3 Å². The number of aromatic nitrogens is 2. The number of carbonyl (C=O) groups excluding carboxylic acids is 1. The van der Waals surface area contributed by atoms with Gasteiger partial charge in [-0.1, -0.05) is 12.1 Å². The number of benzene rings is 1. The van der Waals surface area contributed by atoms with Gasteiger partial charge in [-0.05, 0) is 51.5 Å². The molecular formula is C23H27FN4O2. The number of pyridine rings is 2. The number of amides is 1.